The molecule has 1 aliphatic rings. The molecule has 0 unspecified atom stereocenters. The number of likely N-dealkylation sites (N-methyl/N-ethyl adjacent to an activating group) is 1. The third kappa shape index (κ3) is 4.07. The number of hydrogen-bond donors (Lipinski definition) is 1. The van der Waals surface area contributed by atoms with Crippen molar-refractivity contribution in [3.63, 3.8) is 0 Å². The van der Waals surface area contributed by atoms with Crippen LogP contribution in [0.4, 0.5) is 11.4 Å². The van der Waals surface area contributed by atoms with E-state index in [1.165, 1.54) is 0 Å². The smallest absolute Gasteiger partial charge is 0.248 e. The number of rotatable bonds is 4. The van der Waals surface area contributed by atoms with E-state index in [1.807, 2.05) is 42.5 Å². The number of piperazine rings is 1. The van der Waals surface area contributed by atoms with Crippen LogP contribution in [0.25, 0.3) is 16.2 Å². The molecule has 4 rings (SSSR count). The maximum absolute atomic E-state index is 12.5. The minimum atomic E-state index is -0.157. The predicted octanol–water partition coefficient (Wildman–Crippen LogP) is 4.96. The fraction of sp³-hybridized carbons (Fsp3) is 0.227. The Morgan fingerprint density at radius 3 is 2.57 bits per heavy atom. The quantitative estimate of drug-likeness (QED) is 0.616. The van der Waals surface area contributed by atoms with Crippen LogP contribution in [0.5, 0.6) is 0 Å². The molecule has 0 aliphatic carbocycles. The second-order valence-electron chi connectivity index (χ2n) is 6.91. The van der Waals surface area contributed by atoms with Gasteiger partial charge < -0.3 is 15.1 Å². The van der Waals surface area contributed by atoms with E-state index < -0.39 is 0 Å². The third-order valence-electron chi connectivity index (χ3n) is 4.95. The number of nitrogens with one attached hydrogen (secondary N) is 1. The molecule has 1 aromatic heterocycles. The summed E-state index contributed by atoms with van der Waals surface area (Å²) in [5, 5.41) is 4.74. The van der Waals surface area contributed by atoms with Crippen LogP contribution in [-0.2, 0) is 4.79 Å². The molecule has 6 heteroatoms. The summed E-state index contributed by atoms with van der Waals surface area (Å²) in [6.07, 6.45) is 3.35. The van der Waals surface area contributed by atoms with Crippen molar-refractivity contribution >= 4 is 56.4 Å². The second-order valence-corrected chi connectivity index (χ2v) is 8.37. The van der Waals surface area contributed by atoms with Crippen LogP contribution in [0.15, 0.2) is 54.6 Å². The summed E-state index contributed by atoms with van der Waals surface area (Å²) in [6.45, 7) is 3.95. The van der Waals surface area contributed by atoms with Crippen molar-refractivity contribution in [1.29, 1.82) is 0 Å². The molecule has 1 amide bonds. The fourth-order valence-electron chi connectivity index (χ4n) is 3.37. The predicted molar refractivity (Wildman–Crippen MR) is 121 cm³/mol. The monoisotopic (exact) mass is 411 g/mol. The lowest BCUT2D eigenvalue weighted by atomic mass is 10.2. The van der Waals surface area contributed by atoms with E-state index in [0.717, 1.165) is 52.5 Å². The molecule has 2 aromatic carbocycles. The van der Waals surface area contributed by atoms with E-state index in [9.17, 15) is 4.79 Å². The van der Waals surface area contributed by atoms with E-state index in [2.05, 4.69) is 28.2 Å². The number of carbonyl (C=O) groups is 1. The Morgan fingerprint density at radius 2 is 1.79 bits per heavy atom. The molecule has 3 aromatic rings. The molecule has 28 heavy (non-hydrogen) atoms. The number of nitrogens with zero attached hydrogens (tertiary/aromatic N) is 2. The van der Waals surface area contributed by atoms with Crippen molar-refractivity contribution in [3.05, 3.63) is 64.5 Å². The normalized spacial score (nSPS) is 15.4. The standard InChI is InChI=1S/C22H22ClN3OS/c1-25-12-14-26(15-13-25)18-8-4-3-7-17(18)24-21(27)11-10-20-22(23)16-6-2-5-9-19(16)28-20/h2-11H,12-15H2,1H3,(H,24,27)/b11-10+. The highest BCUT2D eigenvalue weighted by Crippen LogP contribution is 2.36. The molecule has 1 aliphatic heterocycles. The first kappa shape index (κ1) is 19.0. The molecule has 1 N–H and O–H groups in total. The van der Waals surface area contributed by atoms with Crippen LogP contribution in [0.2, 0.25) is 5.02 Å². The third-order valence-corrected chi connectivity index (χ3v) is 6.61. The molecule has 0 atom stereocenters. The number of thiophene rings is 1. The lowest BCUT2D eigenvalue weighted by molar-refractivity contribution is -0.111. The molecule has 4 nitrogen and oxygen atoms in total. The number of hydrogen-bond acceptors (Lipinski definition) is 4. The zero-order valence-electron chi connectivity index (χ0n) is 15.7. The SMILES string of the molecule is CN1CCN(c2ccccc2NC(=O)/C=C/c2sc3ccccc3c2Cl)CC1. The van der Waals surface area contributed by atoms with Crippen molar-refractivity contribution < 1.29 is 4.79 Å². The van der Waals surface area contributed by atoms with Crippen LogP contribution in [0.1, 0.15) is 4.88 Å². The Kier molecular flexibility index (Phi) is 5.67. The second kappa shape index (κ2) is 8.35. The van der Waals surface area contributed by atoms with Gasteiger partial charge in [-0.25, -0.2) is 0 Å². The fourth-order valence-corrected chi connectivity index (χ4v) is 4.77. The Balaban J connectivity index is 1.49. The summed E-state index contributed by atoms with van der Waals surface area (Å²) in [4.78, 5) is 18.1. The highest BCUT2D eigenvalue weighted by molar-refractivity contribution is 7.20. The summed E-state index contributed by atoms with van der Waals surface area (Å²) in [5.41, 5.74) is 1.90. The van der Waals surface area contributed by atoms with Crippen molar-refractivity contribution in [2.45, 2.75) is 0 Å². The minimum Gasteiger partial charge on any atom is -0.367 e. The number of amides is 1. The van der Waals surface area contributed by atoms with Crippen molar-refractivity contribution in [3.8, 4) is 0 Å². The summed E-state index contributed by atoms with van der Waals surface area (Å²) in [6, 6.07) is 16.0. The summed E-state index contributed by atoms with van der Waals surface area (Å²) >= 11 is 8.04. The van der Waals surface area contributed by atoms with Gasteiger partial charge in [-0.2, -0.15) is 0 Å². The lowest BCUT2D eigenvalue weighted by Gasteiger charge is -2.35. The number of halogens is 1. The molecule has 0 bridgehead atoms. The minimum absolute atomic E-state index is 0.157. The molecule has 2 heterocycles. The first-order chi connectivity index (χ1) is 13.6. The number of carbonyl (C=O) groups excluding carboxylic acids is 1. The largest absolute Gasteiger partial charge is 0.367 e. The van der Waals surface area contributed by atoms with Crippen molar-refractivity contribution in [2.75, 3.05) is 43.4 Å². The van der Waals surface area contributed by atoms with Gasteiger partial charge >= 0.3 is 0 Å². The molecular weight excluding hydrogens is 390 g/mol. The maximum Gasteiger partial charge on any atom is 0.248 e. The van der Waals surface area contributed by atoms with E-state index in [1.54, 1.807) is 23.5 Å². The van der Waals surface area contributed by atoms with Crippen molar-refractivity contribution in [2.24, 2.45) is 0 Å². The number of fused-ring (bicyclic) bond motifs is 1. The Bertz CT molecular complexity index is 1020. The van der Waals surface area contributed by atoms with Crippen LogP contribution in [0, 0.1) is 0 Å². The van der Waals surface area contributed by atoms with Gasteiger partial charge in [0, 0.05) is 47.2 Å². The van der Waals surface area contributed by atoms with Crippen molar-refractivity contribution in [1.82, 2.24) is 4.90 Å². The van der Waals surface area contributed by atoms with Gasteiger partial charge in [-0.15, -0.1) is 11.3 Å². The molecule has 0 saturated carbocycles. The number of benzene rings is 2. The van der Waals surface area contributed by atoms with Gasteiger partial charge in [0.1, 0.15) is 0 Å². The van der Waals surface area contributed by atoms with Gasteiger partial charge in [-0.3, -0.25) is 4.79 Å². The van der Waals surface area contributed by atoms with Gasteiger partial charge in [0.05, 0.1) is 16.4 Å². The number of para-hydroxylation sites is 2. The molecule has 0 spiro atoms. The van der Waals surface area contributed by atoms with Crippen LogP contribution in [-0.4, -0.2) is 44.0 Å². The highest BCUT2D eigenvalue weighted by atomic mass is 35.5. The van der Waals surface area contributed by atoms with E-state index in [4.69, 9.17) is 11.6 Å². The van der Waals surface area contributed by atoms with E-state index >= 15 is 0 Å². The van der Waals surface area contributed by atoms with E-state index in [0.29, 0.717) is 5.02 Å². The number of anilines is 2. The zero-order valence-corrected chi connectivity index (χ0v) is 17.3. The molecule has 0 radical (unpaired) electrons. The molecule has 144 valence electrons. The van der Waals surface area contributed by atoms with Gasteiger partial charge in [0.25, 0.3) is 0 Å². The first-order valence-corrected chi connectivity index (χ1v) is 10.5. The van der Waals surface area contributed by atoms with Gasteiger partial charge in [-0.05, 0) is 31.3 Å². The van der Waals surface area contributed by atoms with Crippen LogP contribution >= 0.6 is 22.9 Å². The Hall–Kier alpha value is -2.34. The molecule has 1 saturated heterocycles. The maximum atomic E-state index is 12.5. The average molecular weight is 412 g/mol. The van der Waals surface area contributed by atoms with Gasteiger partial charge in [0.15, 0.2) is 0 Å². The summed E-state index contributed by atoms with van der Waals surface area (Å²) in [7, 11) is 2.13. The van der Waals surface area contributed by atoms with Gasteiger partial charge in [0.2, 0.25) is 5.91 Å². The molecule has 1 fully saturated rings. The zero-order chi connectivity index (χ0) is 19.5. The summed E-state index contributed by atoms with van der Waals surface area (Å²) in [5.74, 6) is -0.157. The Labute approximate surface area is 174 Å². The summed E-state index contributed by atoms with van der Waals surface area (Å²) < 4.78 is 1.12. The topological polar surface area (TPSA) is 35.6 Å². The first-order valence-electron chi connectivity index (χ1n) is 9.30. The van der Waals surface area contributed by atoms with Gasteiger partial charge in [-0.1, -0.05) is 41.9 Å². The lowest BCUT2D eigenvalue weighted by Crippen LogP contribution is -2.44. The highest BCUT2D eigenvalue weighted by Gasteiger charge is 2.17. The van der Waals surface area contributed by atoms with Crippen LogP contribution < -0.4 is 10.2 Å². The molecular formula is C22H22ClN3OS. The average Bonchev–Trinajstić information content (AvgIpc) is 3.04. The van der Waals surface area contributed by atoms with Crippen LogP contribution in [0.3, 0.4) is 0 Å². The Morgan fingerprint density at radius 1 is 1.07 bits per heavy atom. The van der Waals surface area contributed by atoms with E-state index in [-0.39, 0.29) is 5.91 Å².